The molecule has 4 heteroatoms. The standard InChI is InChI=1S/C22H30N2O2/c1-24(2)15-6-4-3-5-7-16-26-21-13-11-18(12-14-21)19-9-8-10-20(17-19)22(23)25/h8-14,17H,3-7,15-16H2,1-2H3,(H2,23,25). The van der Waals surface area contributed by atoms with Gasteiger partial charge in [-0.3, -0.25) is 4.79 Å². The molecule has 140 valence electrons. The number of hydrogen-bond donors (Lipinski definition) is 1. The summed E-state index contributed by atoms with van der Waals surface area (Å²) in [5.41, 5.74) is 7.89. The molecule has 2 rings (SSSR count). The summed E-state index contributed by atoms with van der Waals surface area (Å²) in [6.07, 6.45) is 6.13. The Morgan fingerprint density at radius 1 is 0.923 bits per heavy atom. The van der Waals surface area contributed by atoms with Crippen LogP contribution in [0.3, 0.4) is 0 Å². The summed E-state index contributed by atoms with van der Waals surface area (Å²) in [6.45, 7) is 1.93. The van der Waals surface area contributed by atoms with E-state index in [2.05, 4.69) is 19.0 Å². The third kappa shape index (κ3) is 6.89. The van der Waals surface area contributed by atoms with Crippen LogP contribution in [-0.4, -0.2) is 38.1 Å². The molecule has 0 atom stereocenters. The molecule has 0 aliphatic carbocycles. The minimum Gasteiger partial charge on any atom is -0.494 e. The van der Waals surface area contributed by atoms with Gasteiger partial charge in [0, 0.05) is 5.56 Å². The van der Waals surface area contributed by atoms with E-state index in [1.165, 1.54) is 32.2 Å². The molecule has 0 heterocycles. The van der Waals surface area contributed by atoms with Gasteiger partial charge in [0.15, 0.2) is 0 Å². The Morgan fingerprint density at radius 2 is 1.62 bits per heavy atom. The van der Waals surface area contributed by atoms with E-state index in [-0.39, 0.29) is 0 Å². The van der Waals surface area contributed by atoms with E-state index in [9.17, 15) is 4.79 Å². The quantitative estimate of drug-likeness (QED) is 0.611. The van der Waals surface area contributed by atoms with Crippen LogP contribution in [0.1, 0.15) is 42.5 Å². The molecule has 4 nitrogen and oxygen atoms in total. The second kappa shape index (κ2) is 10.6. The van der Waals surface area contributed by atoms with Gasteiger partial charge >= 0.3 is 0 Å². The number of amides is 1. The number of ether oxygens (including phenoxy) is 1. The highest BCUT2D eigenvalue weighted by atomic mass is 16.5. The Hall–Kier alpha value is -2.33. The second-order valence-electron chi connectivity index (χ2n) is 6.89. The minimum absolute atomic E-state index is 0.409. The normalized spacial score (nSPS) is 10.9. The zero-order valence-electron chi connectivity index (χ0n) is 15.9. The fraction of sp³-hybridized carbons (Fsp3) is 0.409. The topological polar surface area (TPSA) is 55.6 Å². The highest BCUT2D eigenvalue weighted by Gasteiger charge is 2.04. The number of carbonyl (C=O) groups is 1. The first-order valence-corrected chi connectivity index (χ1v) is 9.34. The molecule has 0 spiro atoms. The van der Waals surface area contributed by atoms with Crippen molar-refractivity contribution in [2.24, 2.45) is 5.73 Å². The van der Waals surface area contributed by atoms with Crippen molar-refractivity contribution in [2.45, 2.75) is 32.1 Å². The Balaban J connectivity index is 1.72. The molecule has 0 aromatic heterocycles. The summed E-state index contributed by atoms with van der Waals surface area (Å²) in [6, 6.07) is 15.3. The smallest absolute Gasteiger partial charge is 0.248 e. The first-order valence-electron chi connectivity index (χ1n) is 9.34. The molecule has 0 aliphatic heterocycles. The molecule has 0 aliphatic rings. The Kier molecular flexibility index (Phi) is 8.16. The molecule has 0 saturated carbocycles. The van der Waals surface area contributed by atoms with Crippen LogP contribution in [0.5, 0.6) is 5.75 Å². The Labute approximate surface area is 157 Å². The lowest BCUT2D eigenvalue weighted by atomic mass is 10.0. The number of nitrogens with two attached hydrogens (primary N) is 1. The fourth-order valence-corrected chi connectivity index (χ4v) is 2.85. The predicted molar refractivity (Wildman–Crippen MR) is 108 cm³/mol. The van der Waals surface area contributed by atoms with Crippen LogP contribution in [-0.2, 0) is 0 Å². The van der Waals surface area contributed by atoms with Crippen LogP contribution in [0.2, 0.25) is 0 Å². The summed E-state index contributed by atoms with van der Waals surface area (Å²) in [7, 11) is 4.24. The van der Waals surface area contributed by atoms with Crippen molar-refractivity contribution >= 4 is 5.91 Å². The highest BCUT2D eigenvalue weighted by molar-refractivity contribution is 5.94. The van der Waals surface area contributed by atoms with Crippen molar-refractivity contribution in [3.63, 3.8) is 0 Å². The van der Waals surface area contributed by atoms with Crippen molar-refractivity contribution < 1.29 is 9.53 Å². The number of unbranched alkanes of at least 4 members (excludes halogenated alkanes) is 4. The van der Waals surface area contributed by atoms with Crippen LogP contribution in [0.25, 0.3) is 11.1 Å². The zero-order chi connectivity index (χ0) is 18.8. The SMILES string of the molecule is CN(C)CCCCCCCOc1ccc(-c2cccc(C(N)=O)c2)cc1. The maximum atomic E-state index is 11.3. The maximum absolute atomic E-state index is 11.3. The third-order valence-corrected chi connectivity index (χ3v) is 4.35. The Morgan fingerprint density at radius 3 is 2.31 bits per heavy atom. The number of hydrogen-bond acceptors (Lipinski definition) is 3. The number of carbonyl (C=O) groups excluding carboxylic acids is 1. The monoisotopic (exact) mass is 354 g/mol. The van der Waals surface area contributed by atoms with Crippen LogP contribution in [0.4, 0.5) is 0 Å². The first-order chi connectivity index (χ1) is 12.6. The van der Waals surface area contributed by atoms with Crippen molar-refractivity contribution in [1.82, 2.24) is 4.90 Å². The highest BCUT2D eigenvalue weighted by Crippen LogP contribution is 2.23. The number of nitrogens with zero attached hydrogens (tertiary/aromatic N) is 1. The van der Waals surface area contributed by atoms with Crippen LogP contribution in [0, 0.1) is 0 Å². The van der Waals surface area contributed by atoms with Gasteiger partial charge in [0.1, 0.15) is 5.75 Å². The molecule has 0 fully saturated rings. The lowest BCUT2D eigenvalue weighted by Crippen LogP contribution is -2.12. The first kappa shape index (κ1) is 20.0. The van der Waals surface area contributed by atoms with Crippen molar-refractivity contribution in [2.75, 3.05) is 27.2 Å². The van der Waals surface area contributed by atoms with Gasteiger partial charge in [-0.15, -0.1) is 0 Å². The van der Waals surface area contributed by atoms with Crippen LogP contribution < -0.4 is 10.5 Å². The molecule has 0 saturated heterocycles. The second-order valence-corrected chi connectivity index (χ2v) is 6.89. The lowest BCUT2D eigenvalue weighted by Gasteiger charge is -2.09. The lowest BCUT2D eigenvalue weighted by molar-refractivity contribution is 0.100. The van der Waals surface area contributed by atoms with E-state index in [1.807, 2.05) is 42.5 Å². The zero-order valence-corrected chi connectivity index (χ0v) is 15.9. The molecule has 2 aromatic carbocycles. The van der Waals surface area contributed by atoms with E-state index in [0.717, 1.165) is 29.9 Å². The molecule has 0 radical (unpaired) electrons. The van der Waals surface area contributed by atoms with E-state index < -0.39 is 5.91 Å². The predicted octanol–water partition coefficient (Wildman–Crippen LogP) is 4.34. The van der Waals surface area contributed by atoms with Crippen molar-refractivity contribution in [3.05, 3.63) is 54.1 Å². The van der Waals surface area contributed by atoms with Crippen molar-refractivity contribution in [3.8, 4) is 16.9 Å². The molecule has 1 amide bonds. The van der Waals surface area contributed by atoms with E-state index >= 15 is 0 Å². The van der Waals surface area contributed by atoms with E-state index in [0.29, 0.717) is 5.56 Å². The Bertz CT molecular complexity index is 681. The number of primary amides is 1. The summed E-state index contributed by atoms with van der Waals surface area (Å²) in [5.74, 6) is 0.473. The summed E-state index contributed by atoms with van der Waals surface area (Å²) in [4.78, 5) is 13.5. The largest absolute Gasteiger partial charge is 0.494 e. The summed E-state index contributed by atoms with van der Waals surface area (Å²) in [5, 5.41) is 0. The molecule has 0 bridgehead atoms. The van der Waals surface area contributed by atoms with Gasteiger partial charge in [-0.25, -0.2) is 0 Å². The van der Waals surface area contributed by atoms with Gasteiger partial charge in [0.25, 0.3) is 0 Å². The average Bonchev–Trinajstić information content (AvgIpc) is 2.64. The molecular formula is C22H30N2O2. The fourth-order valence-electron chi connectivity index (χ4n) is 2.85. The molecule has 2 N–H and O–H groups in total. The molecule has 0 unspecified atom stereocenters. The van der Waals surface area contributed by atoms with Gasteiger partial charge in [0.2, 0.25) is 5.91 Å². The van der Waals surface area contributed by atoms with E-state index in [4.69, 9.17) is 10.5 Å². The van der Waals surface area contributed by atoms with Crippen LogP contribution >= 0.6 is 0 Å². The summed E-state index contributed by atoms with van der Waals surface area (Å²) >= 11 is 0. The van der Waals surface area contributed by atoms with Crippen molar-refractivity contribution in [1.29, 1.82) is 0 Å². The average molecular weight is 354 g/mol. The maximum Gasteiger partial charge on any atom is 0.248 e. The molecular weight excluding hydrogens is 324 g/mol. The van der Waals surface area contributed by atoms with E-state index in [1.54, 1.807) is 6.07 Å². The van der Waals surface area contributed by atoms with Crippen LogP contribution in [0.15, 0.2) is 48.5 Å². The molecule has 2 aromatic rings. The van der Waals surface area contributed by atoms with Gasteiger partial charge in [-0.1, -0.05) is 43.5 Å². The number of rotatable bonds is 11. The third-order valence-electron chi connectivity index (χ3n) is 4.35. The van der Waals surface area contributed by atoms with Gasteiger partial charge in [-0.2, -0.15) is 0 Å². The number of benzene rings is 2. The van der Waals surface area contributed by atoms with Gasteiger partial charge in [-0.05, 0) is 68.9 Å². The minimum atomic E-state index is -0.409. The molecule has 26 heavy (non-hydrogen) atoms. The van der Waals surface area contributed by atoms with Gasteiger partial charge < -0.3 is 15.4 Å². The van der Waals surface area contributed by atoms with Gasteiger partial charge in [0.05, 0.1) is 6.61 Å². The summed E-state index contributed by atoms with van der Waals surface area (Å²) < 4.78 is 5.82.